The Balaban J connectivity index is 2.37. The van der Waals surface area contributed by atoms with Crippen molar-refractivity contribution in [1.82, 2.24) is 9.78 Å². The second kappa shape index (κ2) is 7.13. The Bertz CT molecular complexity index is 593. The van der Waals surface area contributed by atoms with Crippen LogP contribution in [0.4, 0.5) is 0 Å². The minimum absolute atomic E-state index is 0.601. The van der Waals surface area contributed by atoms with E-state index in [1.807, 2.05) is 43.8 Å². The highest BCUT2D eigenvalue weighted by Crippen LogP contribution is 2.33. The van der Waals surface area contributed by atoms with E-state index in [9.17, 15) is 0 Å². The molecule has 0 spiro atoms. The standard InChI is InChI=1S/C16H23N3O2/c1-4-20-15-7-6-12(10-16(15)21-5-2)14-11-13(8-9-17)18-19(14)3/h6-7,10-11H,4-5,8-9,17H2,1-3H3. The predicted molar refractivity (Wildman–Crippen MR) is 83.7 cm³/mol. The first-order valence-electron chi connectivity index (χ1n) is 7.32. The number of ether oxygens (including phenoxy) is 2. The maximum Gasteiger partial charge on any atom is 0.161 e. The molecule has 21 heavy (non-hydrogen) atoms. The molecule has 1 aromatic heterocycles. The number of nitrogens with zero attached hydrogens (tertiary/aromatic N) is 2. The zero-order valence-electron chi connectivity index (χ0n) is 12.9. The number of aromatic nitrogens is 2. The largest absolute Gasteiger partial charge is 0.490 e. The normalized spacial score (nSPS) is 10.7. The maximum absolute atomic E-state index is 5.67. The summed E-state index contributed by atoms with van der Waals surface area (Å²) in [5, 5.41) is 4.48. The lowest BCUT2D eigenvalue weighted by atomic mass is 10.1. The average Bonchev–Trinajstić information content (AvgIpc) is 2.82. The van der Waals surface area contributed by atoms with Gasteiger partial charge in [-0.15, -0.1) is 0 Å². The van der Waals surface area contributed by atoms with Crippen molar-refractivity contribution in [2.45, 2.75) is 20.3 Å². The van der Waals surface area contributed by atoms with Crippen molar-refractivity contribution < 1.29 is 9.47 Å². The molecule has 0 aliphatic heterocycles. The van der Waals surface area contributed by atoms with Crippen LogP contribution in [0.5, 0.6) is 11.5 Å². The van der Waals surface area contributed by atoms with Crippen molar-refractivity contribution >= 4 is 0 Å². The summed E-state index contributed by atoms with van der Waals surface area (Å²) >= 11 is 0. The van der Waals surface area contributed by atoms with Crippen molar-refractivity contribution in [3.05, 3.63) is 30.0 Å². The van der Waals surface area contributed by atoms with Gasteiger partial charge in [-0.05, 0) is 44.7 Å². The van der Waals surface area contributed by atoms with E-state index in [2.05, 4.69) is 11.2 Å². The minimum Gasteiger partial charge on any atom is -0.490 e. The van der Waals surface area contributed by atoms with Crippen molar-refractivity contribution in [2.75, 3.05) is 19.8 Å². The van der Waals surface area contributed by atoms with Gasteiger partial charge in [0.25, 0.3) is 0 Å². The van der Waals surface area contributed by atoms with E-state index in [-0.39, 0.29) is 0 Å². The molecule has 1 aromatic carbocycles. The van der Waals surface area contributed by atoms with Crippen LogP contribution < -0.4 is 15.2 Å². The Morgan fingerprint density at radius 2 is 1.81 bits per heavy atom. The van der Waals surface area contributed by atoms with Gasteiger partial charge in [-0.25, -0.2) is 0 Å². The molecule has 2 rings (SSSR count). The van der Waals surface area contributed by atoms with Gasteiger partial charge in [0.05, 0.1) is 24.6 Å². The molecule has 1 heterocycles. The van der Waals surface area contributed by atoms with Crippen LogP contribution in [0.3, 0.4) is 0 Å². The van der Waals surface area contributed by atoms with Gasteiger partial charge in [0, 0.05) is 19.0 Å². The van der Waals surface area contributed by atoms with Gasteiger partial charge in [0.1, 0.15) is 0 Å². The smallest absolute Gasteiger partial charge is 0.161 e. The fourth-order valence-electron chi connectivity index (χ4n) is 2.28. The third-order valence-corrected chi connectivity index (χ3v) is 3.17. The molecule has 0 atom stereocenters. The molecule has 0 unspecified atom stereocenters. The summed E-state index contributed by atoms with van der Waals surface area (Å²) < 4.78 is 13.1. The first kappa shape index (κ1) is 15.4. The SMILES string of the molecule is CCOc1ccc(-c2cc(CCN)nn2C)cc1OCC. The van der Waals surface area contributed by atoms with E-state index >= 15 is 0 Å². The van der Waals surface area contributed by atoms with Crippen molar-refractivity contribution in [1.29, 1.82) is 0 Å². The summed E-state index contributed by atoms with van der Waals surface area (Å²) in [6.07, 6.45) is 0.781. The topological polar surface area (TPSA) is 62.3 Å². The lowest BCUT2D eigenvalue weighted by Gasteiger charge is -2.12. The third-order valence-electron chi connectivity index (χ3n) is 3.17. The number of benzene rings is 1. The van der Waals surface area contributed by atoms with E-state index in [1.165, 1.54) is 0 Å². The monoisotopic (exact) mass is 289 g/mol. The molecule has 114 valence electrons. The Hall–Kier alpha value is -2.01. The van der Waals surface area contributed by atoms with Crippen LogP contribution in [0, 0.1) is 0 Å². The van der Waals surface area contributed by atoms with E-state index in [1.54, 1.807) is 0 Å². The van der Waals surface area contributed by atoms with E-state index in [4.69, 9.17) is 15.2 Å². The van der Waals surface area contributed by atoms with Crippen molar-refractivity contribution in [2.24, 2.45) is 12.8 Å². The molecule has 0 fully saturated rings. The Labute approximate surface area is 125 Å². The molecule has 5 heteroatoms. The molecule has 0 amide bonds. The number of aryl methyl sites for hydroxylation is 1. The van der Waals surface area contributed by atoms with Crippen LogP contribution in [0.2, 0.25) is 0 Å². The van der Waals surface area contributed by atoms with Gasteiger partial charge >= 0.3 is 0 Å². The first-order chi connectivity index (χ1) is 10.2. The number of nitrogens with two attached hydrogens (primary N) is 1. The highest BCUT2D eigenvalue weighted by Gasteiger charge is 2.11. The van der Waals surface area contributed by atoms with Gasteiger partial charge in [0.15, 0.2) is 11.5 Å². The van der Waals surface area contributed by atoms with Crippen LogP contribution in [0.25, 0.3) is 11.3 Å². The van der Waals surface area contributed by atoms with Gasteiger partial charge in [-0.1, -0.05) is 0 Å². The zero-order chi connectivity index (χ0) is 15.2. The highest BCUT2D eigenvalue weighted by molar-refractivity contribution is 5.64. The fraction of sp³-hybridized carbons (Fsp3) is 0.438. The number of hydrogen-bond acceptors (Lipinski definition) is 4. The third kappa shape index (κ3) is 3.55. The zero-order valence-corrected chi connectivity index (χ0v) is 12.9. The lowest BCUT2D eigenvalue weighted by Crippen LogP contribution is -2.03. The minimum atomic E-state index is 0.601. The van der Waals surface area contributed by atoms with Gasteiger partial charge in [0.2, 0.25) is 0 Å². The van der Waals surface area contributed by atoms with E-state index in [0.29, 0.717) is 19.8 Å². The average molecular weight is 289 g/mol. The fourth-order valence-corrected chi connectivity index (χ4v) is 2.28. The number of hydrogen-bond donors (Lipinski definition) is 1. The molecule has 2 aromatic rings. The van der Waals surface area contributed by atoms with Crippen molar-refractivity contribution in [3.63, 3.8) is 0 Å². The predicted octanol–water partition coefficient (Wildman–Crippen LogP) is 2.39. The molecule has 0 saturated heterocycles. The van der Waals surface area contributed by atoms with Crippen LogP contribution in [-0.4, -0.2) is 29.5 Å². The molecule has 0 radical (unpaired) electrons. The molecule has 0 aliphatic carbocycles. The summed E-state index contributed by atoms with van der Waals surface area (Å²) in [7, 11) is 1.94. The molecule has 0 saturated carbocycles. The summed E-state index contributed by atoms with van der Waals surface area (Å²) in [6.45, 7) is 5.75. The Morgan fingerprint density at radius 1 is 1.10 bits per heavy atom. The van der Waals surface area contributed by atoms with E-state index < -0.39 is 0 Å². The summed E-state index contributed by atoms with van der Waals surface area (Å²) in [4.78, 5) is 0. The van der Waals surface area contributed by atoms with Crippen LogP contribution in [0.1, 0.15) is 19.5 Å². The summed E-state index contributed by atoms with van der Waals surface area (Å²) in [5.74, 6) is 1.53. The maximum atomic E-state index is 5.67. The highest BCUT2D eigenvalue weighted by atomic mass is 16.5. The molecular weight excluding hydrogens is 266 g/mol. The van der Waals surface area contributed by atoms with Gasteiger partial charge in [-0.2, -0.15) is 5.10 Å². The van der Waals surface area contributed by atoms with Crippen LogP contribution >= 0.6 is 0 Å². The molecule has 0 aliphatic rings. The quantitative estimate of drug-likeness (QED) is 0.850. The van der Waals surface area contributed by atoms with Crippen LogP contribution in [-0.2, 0) is 13.5 Å². The molecule has 0 bridgehead atoms. The number of rotatable bonds is 7. The Morgan fingerprint density at radius 3 is 2.48 bits per heavy atom. The lowest BCUT2D eigenvalue weighted by molar-refractivity contribution is 0.288. The van der Waals surface area contributed by atoms with Gasteiger partial charge in [-0.3, -0.25) is 4.68 Å². The van der Waals surface area contributed by atoms with Crippen molar-refractivity contribution in [3.8, 4) is 22.8 Å². The van der Waals surface area contributed by atoms with E-state index in [0.717, 1.165) is 34.9 Å². The second-order valence-corrected chi connectivity index (χ2v) is 4.71. The summed E-state index contributed by atoms with van der Waals surface area (Å²) in [5.41, 5.74) is 8.69. The first-order valence-corrected chi connectivity index (χ1v) is 7.32. The molecule has 5 nitrogen and oxygen atoms in total. The molecule has 2 N–H and O–H groups in total. The Kier molecular flexibility index (Phi) is 5.22. The molecular formula is C16H23N3O2. The second-order valence-electron chi connectivity index (χ2n) is 4.71. The van der Waals surface area contributed by atoms with Crippen LogP contribution in [0.15, 0.2) is 24.3 Å². The summed E-state index contributed by atoms with van der Waals surface area (Å²) in [6, 6.07) is 8.03. The van der Waals surface area contributed by atoms with Gasteiger partial charge < -0.3 is 15.2 Å².